The van der Waals surface area contributed by atoms with Crippen molar-refractivity contribution in [1.29, 1.82) is 0 Å². The molecule has 0 aliphatic carbocycles. The number of aromatic nitrogens is 1. The van der Waals surface area contributed by atoms with E-state index in [0.29, 0.717) is 36.2 Å². The number of sulfone groups is 1. The Hall–Kier alpha value is -2.62. The Bertz CT molecular complexity index is 1240. The highest BCUT2D eigenvalue weighted by molar-refractivity contribution is 7.91. The number of benzene rings is 1. The quantitative estimate of drug-likeness (QED) is 0.608. The summed E-state index contributed by atoms with van der Waals surface area (Å²) >= 11 is 0. The summed E-state index contributed by atoms with van der Waals surface area (Å²) in [6.07, 6.45) is 3.04. The summed E-state index contributed by atoms with van der Waals surface area (Å²) in [5.41, 5.74) is 8.59. The number of primary amides is 1. The van der Waals surface area contributed by atoms with Crippen molar-refractivity contribution in [3.63, 3.8) is 0 Å². The van der Waals surface area contributed by atoms with Crippen molar-refractivity contribution in [2.45, 2.75) is 25.3 Å². The van der Waals surface area contributed by atoms with Crippen LogP contribution in [0, 0.1) is 0 Å². The van der Waals surface area contributed by atoms with Gasteiger partial charge in [-0.1, -0.05) is 0 Å². The van der Waals surface area contributed by atoms with Crippen LogP contribution in [-0.4, -0.2) is 62.0 Å². The molecule has 32 heavy (non-hydrogen) atoms. The maximum atomic E-state index is 12.2. The second-order valence-corrected chi connectivity index (χ2v) is 10.9. The zero-order valence-electron chi connectivity index (χ0n) is 17.8. The Balaban J connectivity index is 1.49. The SMILES string of the molecule is NC(=O)c1cc(-c2ccc(CN3CCOCC3)o2)cc2c(C3CCS(=O)(=O)CC3)c[nH]c12. The number of furan rings is 1. The van der Waals surface area contributed by atoms with E-state index in [1.807, 2.05) is 24.4 Å². The zero-order valence-corrected chi connectivity index (χ0v) is 18.6. The number of nitrogens with two attached hydrogens (primary N) is 1. The molecule has 2 aromatic heterocycles. The molecular weight excluding hydrogens is 430 g/mol. The van der Waals surface area contributed by atoms with Gasteiger partial charge < -0.3 is 19.9 Å². The fourth-order valence-corrected chi connectivity index (χ4v) is 6.22. The molecule has 2 fully saturated rings. The molecule has 9 heteroatoms. The van der Waals surface area contributed by atoms with Gasteiger partial charge in [0.1, 0.15) is 21.4 Å². The normalized spacial score (nSPS) is 20.0. The number of nitrogens with zero attached hydrogens (tertiary/aromatic N) is 1. The lowest BCUT2D eigenvalue weighted by Crippen LogP contribution is -2.35. The fraction of sp³-hybridized carbons (Fsp3) is 0.435. The van der Waals surface area contributed by atoms with Gasteiger partial charge in [-0.25, -0.2) is 8.42 Å². The first-order valence-corrected chi connectivity index (χ1v) is 12.8. The number of carbonyl (C=O) groups excluding carboxylic acids is 1. The standard InChI is InChI=1S/C23H27N3O5S/c24-23(27)19-12-16(21-2-1-17(31-21)14-26-5-7-30-8-6-26)11-18-20(13-25-22(18)19)15-3-9-32(28,29)10-4-15/h1-2,11-13,15,25H,3-10,14H2,(H2,24,27). The third-order valence-electron chi connectivity index (χ3n) is 6.51. The molecule has 1 amide bonds. The van der Waals surface area contributed by atoms with E-state index in [0.717, 1.165) is 48.6 Å². The van der Waals surface area contributed by atoms with Gasteiger partial charge in [0.2, 0.25) is 0 Å². The Kier molecular flexibility index (Phi) is 5.56. The predicted octanol–water partition coefficient (Wildman–Crippen LogP) is 2.65. The van der Waals surface area contributed by atoms with E-state index < -0.39 is 15.7 Å². The Labute approximate surface area is 186 Å². The van der Waals surface area contributed by atoms with E-state index >= 15 is 0 Å². The monoisotopic (exact) mass is 457 g/mol. The summed E-state index contributed by atoms with van der Waals surface area (Å²) in [4.78, 5) is 17.7. The van der Waals surface area contributed by atoms with Crippen LogP contribution in [0.15, 0.2) is 34.9 Å². The smallest absolute Gasteiger partial charge is 0.250 e. The van der Waals surface area contributed by atoms with Crippen LogP contribution in [0.5, 0.6) is 0 Å². The van der Waals surface area contributed by atoms with Crippen molar-refractivity contribution in [2.24, 2.45) is 5.73 Å². The lowest BCUT2D eigenvalue weighted by Gasteiger charge is -2.25. The van der Waals surface area contributed by atoms with Gasteiger partial charge in [-0.15, -0.1) is 0 Å². The number of amides is 1. The number of ether oxygens (including phenoxy) is 1. The predicted molar refractivity (Wildman–Crippen MR) is 121 cm³/mol. The maximum Gasteiger partial charge on any atom is 0.250 e. The molecule has 0 spiro atoms. The summed E-state index contributed by atoms with van der Waals surface area (Å²) in [6.45, 7) is 3.91. The fourth-order valence-electron chi connectivity index (χ4n) is 4.73. The van der Waals surface area contributed by atoms with E-state index in [4.69, 9.17) is 14.9 Å². The van der Waals surface area contributed by atoms with Crippen molar-refractivity contribution in [3.05, 3.63) is 47.3 Å². The zero-order chi connectivity index (χ0) is 22.3. The number of fused-ring (bicyclic) bond motifs is 1. The first-order chi connectivity index (χ1) is 15.4. The topological polar surface area (TPSA) is 119 Å². The highest BCUT2D eigenvalue weighted by Gasteiger charge is 2.27. The van der Waals surface area contributed by atoms with Gasteiger partial charge >= 0.3 is 0 Å². The number of rotatable bonds is 5. The molecule has 2 aliphatic heterocycles. The summed E-state index contributed by atoms with van der Waals surface area (Å²) in [7, 11) is -2.95. The summed E-state index contributed by atoms with van der Waals surface area (Å²) in [5.74, 6) is 1.52. The van der Waals surface area contributed by atoms with Gasteiger partial charge in [-0.3, -0.25) is 9.69 Å². The van der Waals surface area contributed by atoms with Gasteiger partial charge in [0.25, 0.3) is 5.91 Å². The maximum absolute atomic E-state index is 12.2. The van der Waals surface area contributed by atoms with Gasteiger partial charge in [0, 0.05) is 30.2 Å². The van der Waals surface area contributed by atoms with Gasteiger partial charge in [-0.05, 0) is 48.6 Å². The summed E-state index contributed by atoms with van der Waals surface area (Å²) in [6, 6.07) is 7.64. The van der Waals surface area contributed by atoms with E-state index in [2.05, 4.69) is 9.88 Å². The Morgan fingerprint density at radius 2 is 1.91 bits per heavy atom. The third kappa shape index (κ3) is 4.20. The molecule has 4 heterocycles. The lowest BCUT2D eigenvalue weighted by atomic mass is 9.91. The minimum Gasteiger partial charge on any atom is -0.460 e. The molecule has 0 bridgehead atoms. The molecule has 3 aromatic rings. The molecule has 1 aromatic carbocycles. The largest absolute Gasteiger partial charge is 0.460 e. The van der Waals surface area contributed by atoms with Crippen LogP contribution >= 0.6 is 0 Å². The molecule has 3 N–H and O–H groups in total. The minimum absolute atomic E-state index is 0.122. The van der Waals surface area contributed by atoms with Gasteiger partial charge in [0.15, 0.2) is 0 Å². The number of nitrogens with one attached hydrogen (secondary N) is 1. The Morgan fingerprint density at radius 1 is 1.16 bits per heavy atom. The first-order valence-electron chi connectivity index (χ1n) is 10.9. The second kappa shape index (κ2) is 8.38. The molecule has 0 unspecified atom stereocenters. The molecule has 0 atom stereocenters. The molecule has 2 aliphatic rings. The molecular formula is C23H27N3O5S. The van der Waals surface area contributed by atoms with E-state index in [9.17, 15) is 13.2 Å². The molecule has 0 radical (unpaired) electrons. The molecule has 8 nitrogen and oxygen atoms in total. The average molecular weight is 458 g/mol. The van der Waals surface area contributed by atoms with Crippen LogP contribution in [0.4, 0.5) is 0 Å². The lowest BCUT2D eigenvalue weighted by molar-refractivity contribution is 0.0314. The van der Waals surface area contributed by atoms with E-state index in [1.54, 1.807) is 6.07 Å². The van der Waals surface area contributed by atoms with Crippen LogP contribution in [-0.2, 0) is 21.1 Å². The van der Waals surface area contributed by atoms with Crippen molar-refractivity contribution in [3.8, 4) is 11.3 Å². The van der Waals surface area contributed by atoms with Gasteiger partial charge in [-0.2, -0.15) is 0 Å². The molecule has 0 saturated carbocycles. The number of aromatic amines is 1. The number of hydrogen-bond donors (Lipinski definition) is 2. The van der Waals surface area contributed by atoms with Crippen LogP contribution in [0.2, 0.25) is 0 Å². The van der Waals surface area contributed by atoms with E-state index in [1.165, 1.54) is 0 Å². The van der Waals surface area contributed by atoms with Crippen LogP contribution in [0.3, 0.4) is 0 Å². The first kappa shape index (κ1) is 21.2. The summed E-state index contributed by atoms with van der Waals surface area (Å²) in [5, 5.41) is 0.895. The van der Waals surface area contributed by atoms with Gasteiger partial charge in [0.05, 0.1) is 42.3 Å². The van der Waals surface area contributed by atoms with Crippen molar-refractivity contribution >= 4 is 26.6 Å². The van der Waals surface area contributed by atoms with Crippen LogP contribution in [0.1, 0.15) is 40.4 Å². The number of morpholine rings is 1. The van der Waals surface area contributed by atoms with Crippen molar-refractivity contribution in [2.75, 3.05) is 37.8 Å². The number of carbonyl (C=O) groups is 1. The van der Waals surface area contributed by atoms with Crippen LogP contribution < -0.4 is 5.73 Å². The highest BCUT2D eigenvalue weighted by atomic mass is 32.2. The third-order valence-corrected chi connectivity index (χ3v) is 8.23. The van der Waals surface area contributed by atoms with E-state index in [-0.39, 0.29) is 17.4 Å². The average Bonchev–Trinajstić information content (AvgIpc) is 3.41. The molecule has 170 valence electrons. The molecule has 5 rings (SSSR count). The molecule has 2 saturated heterocycles. The van der Waals surface area contributed by atoms with Crippen molar-refractivity contribution in [1.82, 2.24) is 9.88 Å². The number of H-pyrrole nitrogens is 1. The highest BCUT2D eigenvalue weighted by Crippen LogP contribution is 2.37. The minimum atomic E-state index is -2.95. The van der Waals surface area contributed by atoms with Crippen LogP contribution in [0.25, 0.3) is 22.2 Å². The summed E-state index contributed by atoms with van der Waals surface area (Å²) < 4.78 is 35.3. The van der Waals surface area contributed by atoms with Crippen molar-refractivity contribution < 1.29 is 22.4 Å². The Morgan fingerprint density at radius 3 is 2.62 bits per heavy atom. The number of hydrogen-bond acceptors (Lipinski definition) is 6. The second-order valence-electron chi connectivity index (χ2n) is 8.64.